The molecular weight excluding hydrogens is 444 g/mol. The van der Waals surface area contributed by atoms with Crippen LogP contribution >= 0.6 is 0 Å². The standard InChI is InChI=1S/C20H30F4O6S/c1-3-18(26,4-2)17-9-12-7-13(10-17)15(14(8-12)11-17)16(25)30-6-5-19(21,22)20(23,24)31(27,28)29/h12-15,26H,3-11H2,1-2H3,(H,27,28,29)/p-1. The predicted octanol–water partition coefficient (Wildman–Crippen LogP) is 3.69. The quantitative estimate of drug-likeness (QED) is 0.311. The minimum Gasteiger partial charge on any atom is -0.743 e. The maximum absolute atomic E-state index is 13.6. The van der Waals surface area contributed by atoms with Gasteiger partial charge in [-0.05, 0) is 68.1 Å². The van der Waals surface area contributed by atoms with E-state index >= 15 is 0 Å². The summed E-state index contributed by atoms with van der Waals surface area (Å²) in [5.41, 5.74) is -1.13. The van der Waals surface area contributed by atoms with Crippen molar-refractivity contribution in [2.24, 2.45) is 29.1 Å². The van der Waals surface area contributed by atoms with E-state index in [4.69, 9.17) is 4.74 Å². The van der Waals surface area contributed by atoms with Gasteiger partial charge in [0.15, 0.2) is 10.1 Å². The monoisotopic (exact) mass is 473 g/mol. The Balaban J connectivity index is 1.66. The molecule has 0 aromatic carbocycles. The molecule has 0 radical (unpaired) electrons. The number of carbonyl (C=O) groups is 1. The molecule has 6 nitrogen and oxygen atoms in total. The second-order valence-corrected chi connectivity index (χ2v) is 11.0. The van der Waals surface area contributed by atoms with Crippen LogP contribution in [0.3, 0.4) is 0 Å². The zero-order valence-corrected chi connectivity index (χ0v) is 18.4. The van der Waals surface area contributed by atoms with E-state index in [2.05, 4.69) is 0 Å². The summed E-state index contributed by atoms with van der Waals surface area (Å²) in [6, 6.07) is 0. The van der Waals surface area contributed by atoms with Crippen molar-refractivity contribution in [3.8, 4) is 0 Å². The largest absolute Gasteiger partial charge is 0.743 e. The third kappa shape index (κ3) is 3.88. The third-order valence-electron chi connectivity index (χ3n) is 8.10. The van der Waals surface area contributed by atoms with Gasteiger partial charge < -0.3 is 14.4 Å². The molecule has 0 aromatic heterocycles. The van der Waals surface area contributed by atoms with Crippen molar-refractivity contribution in [3.05, 3.63) is 0 Å². The number of hydrogen-bond acceptors (Lipinski definition) is 6. The molecule has 4 aliphatic carbocycles. The van der Waals surface area contributed by atoms with Gasteiger partial charge in [-0.1, -0.05) is 13.8 Å². The second-order valence-electron chi connectivity index (χ2n) is 9.61. The van der Waals surface area contributed by atoms with Crippen molar-refractivity contribution < 1.29 is 45.2 Å². The molecule has 4 saturated carbocycles. The maximum Gasteiger partial charge on any atom is 0.396 e. The highest BCUT2D eigenvalue weighted by atomic mass is 32.2. The van der Waals surface area contributed by atoms with E-state index in [1.165, 1.54) is 0 Å². The van der Waals surface area contributed by atoms with Crippen LogP contribution in [0.15, 0.2) is 0 Å². The number of ether oxygens (including phenoxy) is 1. The van der Waals surface area contributed by atoms with Crippen molar-refractivity contribution in [1.82, 2.24) is 0 Å². The number of aliphatic hydroxyl groups is 1. The smallest absolute Gasteiger partial charge is 0.396 e. The van der Waals surface area contributed by atoms with E-state index in [0.29, 0.717) is 31.6 Å². The summed E-state index contributed by atoms with van der Waals surface area (Å²) >= 11 is 0. The van der Waals surface area contributed by atoms with E-state index in [1.54, 1.807) is 0 Å². The van der Waals surface area contributed by atoms with Gasteiger partial charge in [0, 0.05) is 0 Å². The molecule has 0 heterocycles. The molecule has 31 heavy (non-hydrogen) atoms. The lowest BCUT2D eigenvalue weighted by Gasteiger charge is -2.64. The number of rotatable bonds is 9. The summed E-state index contributed by atoms with van der Waals surface area (Å²) in [6.45, 7) is 2.76. The molecule has 4 fully saturated rings. The molecule has 4 aliphatic rings. The van der Waals surface area contributed by atoms with Crippen molar-refractivity contribution in [1.29, 1.82) is 0 Å². The van der Waals surface area contributed by atoms with Gasteiger partial charge >= 0.3 is 17.1 Å². The number of hydrogen-bond donors (Lipinski definition) is 1. The van der Waals surface area contributed by atoms with Crippen LogP contribution in [0.5, 0.6) is 0 Å². The van der Waals surface area contributed by atoms with Gasteiger partial charge in [0.2, 0.25) is 0 Å². The average Bonchev–Trinajstić information content (AvgIpc) is 2.65. The Hall–Kier alpha value is -0.940. The van der Waals surface area contributed by atoms with Crippen molar-refractivity contribution in [2.45, 2.75) is 82.0 Å². The predicted molar refractivity (Wildman–Crippen MR) is 100 cm³/mol. The summed E-state index contributed by atoms with van der Waals surface area (Å²) < 4.78 is 89.9. The molecule has 11 heteroatoms. The summed E-state index contributed by atoms with van der Waals surface area (Å²) in [6.07, 6.45) is 3.10. The highest BCUT2D eigenvalue weighted by Crippen LogP contribution is 2.66. The first-order valence-corrected chi connectivity index (χ1v) is 12.1. The molecule has 1 N–H and O–H groups in total. The molecular formula is C20H29F4O6S-. The third-order valence-corrected chi connectivity index (χ3v) is 9.03. The van der Waals surface area contributed by atoms with E-state index in [1.807, 2.05) is 13.8 Å². The van der Waals surface area contributed by atoms with Crippen LogP contribution in [0.25, 0.3) is 0 Å². The SMILES string of the molecule is CCC(O)(CC)C12CC3CC(C1)C(C(=O)OCCC(F)(F)C(F)(F)S(=O)(=O)[O-])C(C3)C2. The van der Waals surface area contributed by atoms with Crippen molar-refractivity contribution in [3.63, 3.8) is 0 Å². The second kappa shape index (κ2) is 7.83. The van der Waals surface area contributed by atoms with Crippen LogP contribution in [0, 0.1) is 29.1 Å². The maximum atomic E-state index is 13.6. The molecule has 0 amide bonds. The number of halogens is 4. The highest BCUT2D eigenvalue weighted by molar-refractivity contribution is 7.86. The first-order valence-electron chi connectivity index (χ1n) is 10.7. The Kier molecular flexibility index (Phi) is 6.24. The van der Waals surface area contributed by atoms with Crippen LogP contribution in [-0.2, 0) is 19.6 Å². The topological polar surface area (TPSA) is 104 Å². The van der Waals surface area contributed by atoms with Crippen LogP contribution in [0.1, 0.15) is 65.2 Å². The van der Waals surface area contributed by atoms with E-state index in [9.17, 15) is 40.4 Å². The summed E-state index contributed by atoms with van der Waals surface area (Å²) in [5, 5.41) is 5.46. The van der Waals surface area contributed by atoms with Crippen molar-refractivity contribution in [2.75, 3.05) is 6.61 Å². The van der Waals surface area contributed by atoms with Gasteiger partial charge in [0.05, 0.1) is 24.5 Å². The van der Waals surface area contributed by atoms with Gasteiger partial charge in [-0.15, -0.1) is 0 Å². The molecule has 180 valence electrons. The highest BCUT2D eigenvalue weighted by Gasteiger charge is 2.64. The lowest BCUT2D eigenvalue weighted by atomic mass is 9.42. The van der Waals surface area contributed by atoms with E-state index in [-0.39, 0.29) is 17.3 Å². The molecule has 2 atom stereocenters. The van der Waals surface area contributed by atoms with E-state index in [0.717, 1.165) is 19.3 Å². The first kappa shape index (κ1) is 24.7. The molecule has 0 aliphatic heterocycles. The number of alkyl halides is 4. The van der Waals surface area contributed by atoms with Crippen LogP contribution in [-0.4, -0.2) is 47.4 Å². The molecule has 0 spiro atoms. The van der Waals surface area contributed by atoms with Gasteiger partial charge in [-0.25, -0.2) is 8.42 Å². The molecule has 4 bridgehead atoms. The zero-order valence-electron chi connectivity index (χ0n) is 17.6. The molecule has 0 aromatic rings. The van der Waals surface area contributed by atoms with Gasteiger partial charge in [-0.3, -0.25) is 4.79 Å². The fourth-order valence-electron chi connectivity index (χ4n) is 6.68. The normalized spacial score (nSPS) is 33.5. The average molecular weight is 474 g/mol. The van der Waals surface area contributed by atoms with Crippen LogP contribution < -0.4 is 0 Å². The summed E-state index contributed by atoms with van der Waals surface area (Å²) in [5.74, 6) is -6.25. The fourth-order valence-corrected chi connectivity index (χ4v) is 7.15. The molecule has 2 unspecified atom stereocenters. The van der Waals surface area contributed by atoms with Crippen LogP contribution in [0.2, 0.25) is 0 Å². The fraction of sp³-hybridized carbons (Fsp3) is 0.950. The summed E-state index contributed by atoms with van der Waals surface area (Å²) in [7, 11) is -6.57. The van der Waals surface area contributed by atoms with Gasteiger partial charge in [0.1, 0.15) is 0 Å². The van der Waals surface area contributed by atoms with E-state index < -0.39 is 51.8 Å². The number of esters is 1. The van der Waals surface area contributed by atoms with Crippen molar-refractivity contribution >= 4 is 16.1 Å². The van der Waals surface area contributed by atoms with Gasteiger partial charge in [-0.2, -0.15) is 17.6 Å². The summed E-state index contributed by atoms with van der Waals surface area (Å²) in [4.78, 5) is 12.7. The minimum absolute atomic E-state index is 0.0765. The first-order chi connectivity index (χ1) is 14.1. The molecule has 0 saturated heterocycles. The Bertz CT molecular complexity index is 794. The zero-order chi connectivity index (χ0) is 23.5. The molecule has 4 rings (SSSR count). The lowest BCUT2D eigenvalue weighted by molar-refractivity contribution is -0.210. The van der Waals surface area contributed by atoms with Gasteiger partial charge in [0.25, 0.3) is 0 Å². The number of carbonyl (C=O) groups excluding carboxylic acids is 1. The minimum atomic E-state index is -6.57. The lowest BCUT2D eigenvalue weighted by Crippen LogP contribution is -2.61. The Morgan fingerprint density at radius 1 is 1.10 bits per heavy atom. The van der Waals surface area contributed by atoms with Crippen LogP contribution in [0.4, 0.5) is 17.6 Å². The Labute approximate surface area is 179 Å². The Morgan fingerprint density at radius 2 is 1.61 bits per heavy atom. The Morgan fingerprint density at radius 3 is 2.06 bits per heavy atom.